The van der Waals surface area contributed by atoms with Crippen LogP contribution in [-0.4, -0.2) is 79.5 Å². The van der Waals surface area contributed by atoms with Gasteiger partial charge in [-0.1, -0.05) is 105 Å². The first-order valence-corrected chi connectivity index (χ1v) is 32.3. The lowest BCUT2D eigenvalue weighted by molar-refractivity contribution is -0.125. The number of halogens is 10. The van der Waals surface area contributed by atoms with Gasteiger partial charge in [0.1, 0.15) is 12.1 Å². The average Bonchev–Trinajstić information content (AvgIpc) is 0.893. The first-order chi connectivity index (χ1) is 44.4. The van der Waals surface area contributed by atoms with Crippen LogP contribution < -0.4 is 20.8 Å². The number of hydroxylamine groups is 2. The Kier molecular flexibility index (Phi) is 20.5. The average molecular weight is 1340 g/mol. The third kappa shape index (κ3) is 13.9. The van der Waals surface area contributed by atoms with Crippen molar-refractivity contribution >= 4 is 55.1 Å². The van der Waals surface area contributed by atoms with Crippen molar-refractivity contribution in [3.63, 3.8) is 0 Å². The molecule has 4 amide bonds. The number of benzene rings is 7. The Bertz CT molecular complexity index is 4130. The highest BCUT2D eigenvalue weighted by Crippen LogP contribution is 2.40. The number of hydrogen-bond donors (Lipinski definition) is 3. The highest BCUT2D eigenvalue weighted by Gasteiger charge is 2.50. The van der Waals surface area contributed by atoms with Crippen LogP contribution in [0.4, 0.5) is 55.3 Å². The maximum atomic E-state index is 14.6. The largest absolute Gasteiger partial charge is 0.307 e. The predicted molar refractivity (Wildman–Crippen MR) is 316 cm³/mol. The van der Waals surface area contributed by atoms with Crippen LogP contribution in [0.2, 0.25) is 0 Å². The topological polar surface area (TPSA) is 203 Å². The zero-order valence-electron chi connectivity index (χ0n) is 49.0. The lowest BCUT2D eigenvalue weighted by atomic mass is 9.96. The lowest BCUT2D eigenvalue weighted by Crippen LogP contribution is -2.59. The summed E-state index contributed by atoms with van der Waals surface area (Å²) >= 11 is 0. The Labute approximate surface area is 527 Å². The first kappa shape index (κ1) is 67.4. The van der Waals surface area contributed by atoms with E-state index in [2.05, 4.69) is 5.48 Å². The summed E-state index contributed by atoms with van der Waals surface area (Å²) in [5.41, 5.74) is 9.06. The van der Waals surface area contributed by atoms with Crippen molar-refractivity contribution in [2.75, 3.05) is 22.9 Å². The van der Waals surface area contributed by atoms with E-state index in [1.165, 1.54) is 63.8 Å². The van der Waals surface area contributed by atoms with E-state index < -0.39 is 137 Å². The minimum Gasteiger partial charge on any atom is -0.307 e. The Morgan fingerprint density at radius 1 is 0.441 bits per heavy atom. The molecule has 4 aliphatic rings. The van der Waals surface area contributed by atoms with Crippen molar-refractivity contribution in [1.82, 2.24) is 19.6 Å². The van der Waals surface area contributed by atoms with Crippen LogP contribution in [0.25, 0.3) is 0 Å². The quantitative estimate of drug-likeness (QED) is 0.0230. The van der Waals surface area contributed by atoms with Gasteiger partial charge in [0.15, 0.2) is 56.3 Å². The van der Waals surface area contributed by atoms with Gasteiger partial charge in [0, 0.05) is 35.6 Å². The molecule has 2 saturated carbocycles. The van der Waals surface area contributed by atoms with Crippen molar-refractivity contribution in [3.8, 4) is 0 Å². The fourth-order valence-corrected chi connectivity index (χ4v) is 15.2. The third-order valence-electron chi connectivity index (χ3n) is 17.0. The molecule has 16 nitrogen and oxygen atoms in total. The standard InChI is InChI=1S/C36H32F5N3O5S.C29H26F5N3O5S/c37-29-30(38)32(40)34(33(41)31(29)39)50(47,48)44-19-18-28(44)36(46)43(20-22-10-12-25(13-11-22)24-8-4-5-9-24)27-16-14-26(15-17-27)35(45)42-49-21-23-6-2-1-3-7-23;30-22-23(31)25(33)27(26(34)24(22)32)43(41,42)37-14-13-21(37)29(39)36(20-11-9-19(10-12-20)28(38)35-40)15-16-5-7-18(8-6-16)17-3-1-2-4-17/h1-3,6-7,10-17,24,28H,4-5,8-9,18-21H2,(H,42,45);5-12,17,21,40H,1-4,13-15H2,(H,35,38)/t28-;21-/m11/s1. The van der Waals surface area contributed by atoms with Crippen molar-refractivity contribution in [1.29, 1.82) is 0 Å². The maximum absolute atomic E-state index is 14.6. The molecule has 7 aromatic carbocycles. The Hall–Kier alpha value is -8.54. The van der Waals surface area contributed by atoms with Gasteiger partial charge in [-0.25, -0.2) is 71.7 Å². The molecule has 11 rings (SSSR count). The third-order valence-corrected chi connectivity index (χ3v) is 20.9. The molecule has 93 heavy (non-hydrogen) atoms. The van der Waals surface area contributed by atoms with Crippen molar-refractivity contribution in [3.05, 3.63) is 225 Å². The summed E-state index contributed by atoms with van der Waals surface area (Å²) in [5.74, 6) is -26.9. The Balaban J connectivity index is 0.000000206. The summed E-state index contributed by atoms with van der Waals surface area (Å²) in [5, 5.41) is 8.90. The fourth-order valence-electron chi connectivity index (χ4n) is 11.7. The summed E-state index contributed by atoms with van der Waals surface area (Å²) in [7, 11) is -10.7. The zero-order chi connectivity index (χ0) is 66.6. The summed E-state index contributed by atoms with van der Waals surface area (Å²) < 4.78 is 195. The molecule has 4 fully saturated rings. The number of rotatable bonds is 19. The molecule has 3 N–H and O–H groups in total. The van der Waals surface area contributed by atoms with E-state index >= 15 is 0 Å². The van der Waals surface area contributed by atoms with E-state index in [4.69, 9.17) is 10.0 Å². The van der Waals surface area contributed by atoms with Crippen LogP contribution in [0.3, 0.4) is 0 Å². The fraction of sp³-hybridized carbons (Fsp3) is 0.292. The van der Waals surface area contributed by atoms with Crippen molar-refractivity contribution < 1.29 is 90.0 Å². The van der Waals surface area contributed by atoms with Gasteiger partial charge in [-0.3, -0.25) is 29.2 Å². The van der Waals surface area contributed by atoms with Crippen molar-refractivity contribution in [2.24, 2.45) is 0 Å². The monoisotopic (exact) mass is 1340 g/mol. The molecule has 2 aliphatic carbocycles. The lowest BCUT2D eigenvalue weighted by Gasteiger charge is -2.41. The second-order valence-electron chi connectivity index (χ2n) is 22.7. The molecule has 2 atom stereocenters. The number of nitrogens with zero attached hydrogens (tertiary/aromatic N) is 4. The van der Waals surface area contributed by atoms with Crippen LogP contribution in [0.15, 0.2) is 137 Å². The SMILES string of the molecule is O=C(NO)c1ccc(N(Cc2ccc(C3CCCC3)cc2)C(=O)[C@H]2CCN2S(=O)(=O)c2c(F)c(F)c(F)c(F)c2F)cc1.O=C(NOCc1ccccc1)c1ccc(N(Cc2ccc(C3CCCC3)cc2)C(=O)[C@H]2CCN2S(=O)(=O)c2c(F)c(F)c(F)c(F)c2F)cc1. The number of hydrogen-bond acceptors (Lipinski definition) is 10. The summed E-state index contributed by atoms with van der Waals surface area (Å²) in [6, 6.07) is 32.5. The molecule has 2 saturated heterocycles. The molecular formula is C65H58F10N6O10S2. The normalized spacial score (nSPS) is 17.0. The van der Waals surface area contributed by atoms with Gasteiger partial charge in [0.2, 0.25) is 43.5 Å². The Morgan fingerprint density at radius 3 is 1.12 bits per heavy atom. The highest BCUT2D eigenvalue weighted by molar-refractivity contribution is 7.89. The minimum atomic E-state index is -5.35. The molecule has 7 aromatic rings. The van der Waals surface area contributed by atoms with E-state index in [1.54, 1.807) is 0 Å². The minimum absolute atomic E-state index is 0.0532. The summed E-state index contributed by atoms with van der Waals surface area (Å²) in [6.07, 6.45) is 8.72. The second-order valence-corrected chi connectivity index (χ2v) is 26.3. The van der Waals surface area contributed by atoms with Crippen LogP contribution >= 0.6 is 0 Å². The molecular weight excluding hydrogens is 1280 g/mol. The molecule has 2 aliphatic heterocycles. The number of amides is 4. The Morgan fingerprint density at radius 2 is 0.785 bits per heavy atom. The van der Waals surface area contributed by atoms with Gasteiger partial charge in [-0.15, -0.1) is 0 Å². The van der Waals surface area contributed by atoms with Gasteiger partial charge >= 0.3 is 0 Å². The van der Waals surface area contributed by atoms with Gasteiger partial charge in [0.05, 0.1) is 19.7 Å². The molecule has 28 heteroatoms. The smallest absolute Gasteiger partial charge is 0.274 e. The molecule has 0 radical (unpaired) electrons. The van der Waals surface area contributed by atoms with E-state index in [0.717, 1.165) is 68.1 Å². The number of nitrogens with one attached hydrogen (secondary N) is 2. The number of anilines is 2. The number of carbonyl (C=O) groups excluding carboxylic acids is 4. The molecule has 0 bridgehead atoms. The molecule has 490 valence electrons. The van der Waals surface area contributed by atoms with Gasteiger partial charge in [-0.2, -0.15) is 8.61 Å². The van der Waals surface area contributed by atoms with E-state index in [0.29, 0.717) is 31.6 Å². The molecule has 0 spiro atoms. The van der Waals surface area contributed by atoms with E-state index in [9.17, 15) is 79.9 Å². The summed E-state index contributed by atoms with van der Waals surface area (Å²) in [4.78, 5) is 56.1. The number of carbonyl (C=O) groups is 4. The van der Waals surface area contributed by atoms with Gasteiger partial charge < -0.3 is 9.80 Å². The van der Waals surface area contributed by atoms with Crippen LogP contribution in [0, 0.1) is 58.2 Å². The maximum Gasteiger partial charge on any atom is 0.274 e. The van der Waals surface area contributed by atoms with Crippen molar-refractivity contribution in [2.45, 2.75) is 118 Å². The van der Waals surface area contributed by atoms with Gasteiger partial charge in [0.25, 0.3) is 11.8 Å². The molecule has 2 heterocycles. The highest BCUT2D eigenvalue weighted by atomic mass is 32.2. The predicted octanol–water partition coefficient (Wildman–Crippen LogP) is 12.1. The van der Waals surface area contributed by atoms with Crippen LogP contribution in [0.1, 0.15) is 125 Å². The zero-order valence-corrected chi connectivity index (χ0v) is 50.7. The van der Waals surface area contributed by atoms with Crippen LogP contribution in [-0.2, 0) is 54.2 Å². The molecule has 0 unspecified atom stereocenters. The van der Waals surface area contributed by atoms with Gasteiger partial charge in [-0.05, 0) is 127 Å². The first-order valence-electron chi connectivity index (χ1n) is 29.4. The van der Waals surface area contributed by atoms with Crippen LogP contribution in [0.5, 0.6) is 0 Å². The summed E-state index contributed by atoms with van der Waals surface area (Å²) in [6.45, 7) is -0.801. The molecule has 0 aromatic heterocycles. The van der Waals surface area contributed by atoms with E-state index in [1.807, 2.05) is 78.9 Å². The van der Waals surface area contributed by atoms with E-state index in [-0.39, 0.29) is 55.0 Å². The number of sulfonamides is 2. The second kappa shape index (κ2) is 28.4.